The molecule has 3 aromatic rings. The number of carbonyl (C=O) groups excluding carboxylic acids is 1. The molecule has 0 spiro atoms. The molecule has 2 aromatic heterocycles. The third kappa shape index (κ3) is 8.78. The Balaban J connectivity index is 0.000000436. The lowest BCUT2D eigenvalue weighted by atomic mass is 9.90. The van der Waals surface area contributed by atoms with Crippen LogP contribution in [0.1, 0.15) is 77.1 Å². The number of quaternary nitrogens is 1. The quantitative estimate of drug-likeness (QED) is 0.0940. The number of hydrogen-bond acceptors (Lipinski definition) is 9. The van der Waals surface area contributed by atoms with Gasteiger partial charge in [0, 0.05) is 54.9 Å². The van der Waals surface area contributed by atoms with Crippen LogP contribution in [0.2, 0.25) is 0 Å². The Morgan fingerprint density at radius 3 is 2.47 bits per heavy atom. The number of anilines is 2. The van der Waals surface area contributed by atoms with Gasteiger partial charge in [-0.25, -0.2) is 4.98 Å². The van der Waals surface area contributed by atoms with Crippen molar-refractivity contribution in [3.05, 3.63) is 53.9 Å². The molecule has 1 fully saturated rings. The third-order valence-corrected chi connectivity index (χ3v) is 7.63. The minimum Gasteiger partial charge on any atom is -0.463 e. The first-order valence-electron chi connectivity index (χ1n) is 13.3. The van der Waals surface area contributed by atoms with Gasteiger partial charge in [0.15, 0.2) is 0 Å². The highest BCUT2D eigenvalue weighted by Crippen LogP contribution is 2.42. The molecule has 3 N–H and O–H groups in total. The Hall–Kier alpha value is -2.50. The van der Waals surface area contributed by atoms with Gasteiger partial charge < -0.3 is 10.1 Å². The molecule has 1 saturated carbocycles. The lowest BCUT2D eigenvalue weighted by molar-refractivity contribution is -0.146. The Morgan fingerprint density at radius 2 is 1.87 bits per heavy atom. The summed E-state index contributed by atoms with van der Waals surface area (Å²) in [7, 11) is 0. The summed E-state index contributed by atoms with van der Waals surface area (Å²) >= 11 is 6.21. The maximum atomic E-state index is 11.0. The van der Waals surface area contributed by atoms with Crippen molar-refractivity contribution in [2.75, 3.05) is 11.9 Å². The molecular formula is C28H40N5O3S2+. The number of ether oxygens (including phenoxy) is 1. The Bertz CT molecular complexity index is 1150. The standard InChI is InChI=1S/C22H28N5OS2.C6H12O2/c1-2-25-27(28,29)20-14-18(26-17-10-12-23-13-11-17)8-9-19(20)21-15-24-22(30-21)16-6-4-3-5-7-16;1-4-6(7)8-5(2)3/h8-16,25,28-29H,2-7H2,1H3,(H,23,26);5H,4H2,1-3H3/q+1;. The van der Waals surface area contributed by atoms with Crippen LogP contribution in [-0.2, 0) is 9.53 Å². The predicted molar refractivity (Wildman–Crippen MR) is 159 cm³/mol. The Labute approximate surface area is 235 Å². The molecule has 0 saturated heterocycles. The van der Waals surface area contributed by atoms with Crippen LogP contribution in [-0.4, -0.2) is 33.8 Å². The van der Waals surface area contributed by atoms with E-state index in [0.717, 1.165) is 21.8 Å². The molecule has 2 heterocycles. The van der Waals surface area contributed by atoms with Crippen molar-refractivity contribution in [1.29, 1.82) is 0 Å². The summed E-state index contributed by atoms with van der Waals surface area (Å²) in [6.45, 7) is 7.97. The van der Waals surface area contributed by atoms with Crippen LogP contribution in [0.4, 0.5) is 17.1 Å². The van der Waals surface area contributed by atoms with Gasteiger partial charge in [-0.2, -0.15) is 5.21 Å². The molecule has 8 nitrogen and oxygen atoms in total. The normalized spacial score (nSPS) is 15.3. The van der Waals surface area contributed by atoms with E-state index < -0.39 is 4.16 Å². The van der Waals surface area contributed by atoms with Gasteiger partial charge in [-0.15, -0.1) is 16.8 Å². The number of esters is 1. The molecule has 0 radical (unpaired) electrons. The fourth-order valence-electron chi connectivity index (χ4n) is 4.28. The number of thiazole rings is 1. The molecule has 1 aliphatic carbocycles. The van der Waals surface area contributed by atoms with E-state index in [4.69, 9.17) is 9.72 Å². The number of hydrogen-bond donors (Lipinski definition) is 4. The van der Waals surface area contributed by atoms with Gasteiger partial charge in [0.05, 0.1) is 21.6 Å². The number of aromatic nitrogens is 2. The topological polar surface area (TPSA) is 96.4 Å². The Kier molecular flexibility index (Phi) is 11.5. The molecule has 0 amide bonds. The zero-order chi connectivity index (χ0) is 27.5. The second-order valence-electron chi connectivity index (χ2n) is 9.50. The molecule has 38 heavy (non-hydrogen) atoms. The summed E-state index contributed by atoms with van der Waals surface area (Å²) in [5.74, 6) is 0.437. The van der Waals surface area contributed by atoms with Crippen molar-refractivity contribution in [1.82, 2.24) is 19.6 Å². The summed E-state index contributed by atoms with van der Waals surface area (Å²) in [6.07, 6.45) is 12.3. The number of rotatable bonds is 9. The van der Waals surface area contributed by atoms with Crippen molar-refractivity contribution in [2.45, 2.75) is 78.2 Å². The van der Waals surface area contributed by atoms with Crippen molar-refractivity contribution < 1.29 is 14.7 Å². The summed E-state index contributed by atoms with van der Waals surface area (Å²) in [4.78, 5) is 20.2. The highest BCUT2D eigenvalue weighted by Gasteiger charge is 2.31. The maximum Gasteiger partial charge on any atom is 0.305 e. The van der Waals surface area contributed by atoms with E-state index in [1.54, 1.807) is 30.7 Å². The maximum absolute atomic E-state index is 11.0. The van der Waals surface area contributed by atoms with E-state index in [2.05, 4.69) is 28.5 Å². The third-order valence-electron chi connectivity index (χ3n) is 6.08. The molecular weight excluding hydrogens is 518 g/mol. The van der Waals surface area contributed by atoms with E-state index in [1.807, 2.05) is 57.3 Å². The summed E-state index contributed by atoms with van der Waals surface area (Å²) in [5, 5.41) is 15.6. The van der Waals surface area contributed by atoms with Gasteiger partial charge in [0.1, 0.15) is 12.8 Å². The summed E-state index contributed by atoms with van der Waals surface area (Å²) in [6, 6.07) is 9.76. The van der Waals surface area contributed by atoms with E-state index in [9.17, 15) is 10.0 Å². The zero-order valence-corrected chi connectivity index (χ0v) is 24.4. The molecule has 1 atom stereocenters. The summed E-state index contributed by atoms with van der Waals surface area (Å²) in [5.41, 5.74) is 6.38. The molecule has 0 aliphatic heterocycles. The van der Waals surface area contributed by atoms with Gasteiger partial charge in [0.2, 0.25) is 5.69 Å². The minimum absolute atomic E-state index is 0.0300. The van der Waals surface area contributed by atoms with Crippen LogP contribution in [0.5, 0.6) is 0 Å². The van der Waals surface area contributed by atoms with Gasteiger partial charge >= 0.3 is 5.97 Å². The molecule has 206 valence electrons. The Morgan fingerprint density at radius 1 is 1.16 bits per heavy atom. The van der Waals surface area contributed by atoms with E-state index in [-0.39, 0.29) is 12.1 Å². The van der Waals surface area contributed by atoms with Crippen LogP contribution in [0.3, 0.4) is 0 Å². The minimum atomic E-state index is -0.700. The number of nitrogens with one attached hydrogen (secondary N) is 2. The van der Waals surface area contributed by atoms with Crippen molar-refractivity contribution in [3.63, 3.8) is 0 Å². The van der Waals surface area contributed by atoms with E-state index >= 15 is 0 Å². The molecule has 1 aromatic carbocycles. The average Bonchev–Trinajstić information content (AvgIpc) is 3.40. The molecule has 10 heteroatoms. The second-order valence-corrected chi connectivity index (χ2v) is 11.1. The zero-order valence-electron chi connectivity index (χ0n) is 22.7. The lowest BCUT2D eigenvalue weighted by Crippen LogP contribution is -2.48. The number of pyridine rings is 1. The van der Waals surface area contributed by atoms with Crippen molar-refractivity contribution in [2.24, 2.45) is 0 Å². The highest BCUT2D eigenvalue weighted by atomic mass is 32.1. The average molecular weight is 559 g/mol. The number of carbonyl (C=O) groups is 1. The van der Waals surface area contributed by atoms with Crippen LogP contribution in [0.25, 0.3) is 10.4 Å². The lowest BCUT2D eigenvalue weighted by Gasteiger charge is -2.24. The van der Waals surface area contributed by atoms with Crippen LogP contribution in [0.15, 0.2) is 48.9 Å². The first-order chi connectivity index (χ1) is 18.2. The fourth-order valence-corrected chi connectivity index (χ4v) is 5.71. The molecule has 1 unspecified atom stereocenters. The van der Waals surface area contributed by atoms with Crippen molar-refractivity contribution in [3.8, 4) is 10.4 Å². The number of benzene rings is 1. The van der Waals surface area contributed by atoms with Crippen LogP contribution in [0, 0.1) is 0 Å². The van der Waals surface area contributed by atoms with Crippen molar-refractivity contribution >= 4 is 47.2 Å². The largest absolute Gasteiger partial charge is 0.463 e. The number of nitrogens with zero attached hydrogens (tertiary/aromatic N) is 3. The first kappa shape index (κ1) is 30.0. The van der Waals surface area contributed by atoms with Gasteiger partial charge in [-0.05, 0) is 62.0 Å². The van der Waals surface area contributed by atoms with Crippen LogP contribution >= 0.6 is 24.2 Å². The van der Waals surface area contributed by atoms with Gasteiger partial charge in [-0.1, -0.05) is 26.2 Å². The molecule has 0 bridgehead atoms. The van der Waals surface area contributed by atoms with Gasteiger partial charge in [-0.3, -0.25) is 9.78 Å². The fraction of sp³-hybridized carbons (Fsp3) is 0.464. The van der Waals surface area contributed by atoms with Gasteiger partial charge in [0.25, 0.3) is 0 Å². The summed E-state index contributed by atoms with van der Waals surface area (Å²) < 4.78 is 4.06. The second kappa shape index (κ2) is 14.6. The molecule has 1 aliphatic rings. The monoisotopic (exact) mass is 558 g/mol. The first-order valence-corrected chi connectivity index (χ1v) is 14.5. The highest BCUT2D eigenvalue weighted by molar-refractivity contribution is 7.79. The smallest absolute Gasteiger partial charge is 0.305 e. The van der Waals surface area contributed by atoms with E-state index in [0.29, 0.717) is 24.6 Å². The number of thiol groups is 1. The SMILES string of the molecule is CCC(=O)OC(C)C.CCN[N+](O)(S)c1cc(Nc2ccncc2)ccc1-c1cnc(C2CCCCC2)s1. The predicted octanol–water partition coefficient (Wildman–Crippen LogP) is 7.41. The van der Waals surface area contributed by atoms with E-state index in [1.165, 1.54) is 37.1 Å². The molecule has 4 rings (SSSR count). The van der Waals surface area contributed by atoms with Crippen LogP contribution < -0.4 is 14.9 Å².